The quantitative estimate of drug-likeness (QED) is 0.629. The zero-order chi connectivity index (χ0) is 13.5. The fourth-order valence-electron chi connectivity index (χ4n) is 2.29. The van der Waals surface area contributed by atoms with E-state index in [1.807, 2.05) is 0 Å². The van der Waals surface area contributed by atoms with Crippen LogP contribution in [0.15, 0.2) is 0 Å². The highest BCUT2D eigenvalue weighted by Gasteiger charge is 2.32. The van der Waals surface area contributed by atoms with Gasteiger partial charge < -0.3 is 15.7 Å². The average Bonchev–Trinajstić information content (AvgIpc) is 2.74. The fraction of sp³-hybridized carbons (Fsp3) is 0.750. The van der Waals surface area contributed by atoms with Crippen LogP contribution in [0.25, 0.3) is 0 Å². The largest absolute Gasteiger partial charge is 0.481 e. The molecule has 1 fully saturated rings. The SMILES string of the molecule is CC(=O)NCCC(=O)NCC1CCCC1C(=O)O. The molecular weight excluding hydrogens is 236 g/mol. The maximum atomic E-state index is 11.4. The Hall–Kier alpha value is -1.59. The summed E-state index contributed by atoms with van der Waals surface area (Å²) >= 11 is 0. The molecule has 0 aliphatic heterocycles. The van der Waals surface area contributed by atoms with Crippen LogP contribution in [0.3, 0.4) is 0 Å². The Morgan fingerprint density at radius 1 is 1.22 bits per heavy atom. The summed E-state index contributed by atoms with van der Waals surface area (Å²) in [5, 5.41) is 14.3. The zero-order valence-corrected chi connectivity index (χ0v) is 10.6. The summed E-state index contributed by atoms with van der Waals surface area (Å²) in [6, 6.07) is 0. The second-order valence-corrected chi connectivity index (χ2v) is 4.67. The third kappa shape index (κ3) is 4.73. The first-order valence-corrected chi connectivity index (χ1v) is 6.24. The molecule has 1 aliphatic rings. The molecule has 6 heteroatoms. The monoisotopic (exact) mass is 256 g/mol. The van der Waals surface area contributed by atoms with Crippen molar-refractivity contribution in [1.29, 1.82) is 0 Å². The first-order valence-electron chi connectivity index (χ1n) is 6.24. The van der Waals surface area contributed by atoms with Crippen molar-refractivity contribution < 1.29 is 19.5 Å². The molecule has 1 rings (SSSR count). The van der Waals surface area contributed by atoms with Gasteiger partial charge in [-0.15, -0.1) is 0 Å². The summed E-state index contributed by atoms with van der Waals surface area (Å²) in [6.07, 6.45) is 2.68. The molecule has 2 amide bonds. The fourth-order valence-corrected chi connectivity index (χ4v) is 2.29. The van der Waals surface area contributed by atoms with E-state index in [0.29, 0.717) is 19.5 Å². The molecule has 0 aromatic carbocycles. The van der Waals surface area contributed by atoms with Gasteiger partial charge in [-0.3, -0.25) is 14.4 Å². The Morgan fingerprint density at radius 3 is 2.56 bits per heavy atom. The molecule has 0 heterocycles. The average molecular weight is 256 g/mol. The van der Waals surface area contributed by atoms with Crippen molar-refractivity contribution in [2.45, 2.75) is 32.6 Å². The van der Waals surface area contributed by atoms with Gasteiger partial charge in [0.15, 0.2) is 0 Å². The minimum atomic E-state index is -0.773. The second kappa shape index (κ2) is 6.98. The van der Waals surface area contributed by atoms with Crippen molar-refractivity contribution in [1.82, 2.24) is 10.6 Å². The Balaban J connectivity index is 2.21. The maximum absolute atomic E-state index is 11.4. The number of carbonyl (C=O) groups excluding carboxylic acids is 2. The first-order chi connectivity index (χ1) is 8.50. The minimum Gasteiger partial charge on any atom is -0.481 e. The summed E-state index contributed by atoms with van der Waals surface area (Å²) in [7, 11) is 0. The molecule has 2 atom stereocenters. The molecule has 0 radical (unpaired) electrons. The van der Waals surface area contributed by atoms with Crippen molar-refractivity contribution in [3.05, 3.63) is 0 Å². The van der Waals surface area contributed by atoms with Gasteiger partial charge in [-0.25, -0.2) is 0 Å². The molecule has 6 nitrogen and oxygen atoms in total. The number of amides is 2. The number of hydrogen-bond acceptors (Lipinski definition) is 3. The van der Waals surface area contributed by atoms with E-state index in [0.717, 1.165) is 12.8 Å². The highest BCUT2D eigenvalue weighted by Crippen LogP contribution is 2.31. The molecule has 1 aliphatic carbocycles. The third-order valence-electron chi connectivity index (χ3n) is 3.26. The molecule has 2 unspecified atom stereocenters. The van der Waals surface area contributed by atoms with Gasteiger partial charge in [0, 0.05) is 26.4 Å². The summed E-state index contributed by atoms with van der Waals surface area (Å²) < 4.78 is 0. The molecule has 0 spiro atoms. The molecule has 0 aromatic heterocycles. The van der Waals surface area contributed by atoms with Crippen LogP contribution in [0.4, 0.5) is 0 Å². The van der Waals surface area contributed by atoms with Crippen LogP contribution >= 0.6 is 0 Å². The normalized spacial score (nSPS) is 22.5. The Labute approximate surface area is 106 Å². The Bertz CT molecular complexity index is 330. The van der Waals surface area contributed by atoms with E-state index in [2.05, 4.69) is 10.6 Å². The van der Waals surface area contributed by atoms with Crippen LogP contribution in [-0.4, -0.2) is 36.0 Å². The number of carbonyl (C=O) groups is 3. The number of hydrogen-bond donors (Lipinski definition) is 3. The van der Waals surface area contributed by atoms with Gasteiger partial charge in [0.05, 0.1) is 5.92 Å². The molecule has 1 saturated carbocycles. The smallest absolute Gasteiger partial charge is 0.306 e. The van der Waals surface area contributed by atoms with Crippen LogP contribution in [0.5, 0.6) is 0 Å². The lowest BCUT2D eigenvalue weighted by molar-refractivity contribution is -0.143. The number of rotatable bonds is 6. The molecule has 3 N–H and O–H groups in total. The van der Waals surface area contributed by atoms with E-state index in [-0.39, 0.29) is 30.1 Å². The zero-order valence-electron chi connectivity index (χ0n) is 10.6. The van der Waals surface area contributed by atoms with Crippen LogP contribution < -0.4 is 10.6 Å². The van der Waals surface area contributed by atoms with E-state index in [1.165, 1.54) is 6.92 Å². The molecule has 0 bridgehead atoms. The summed E-state index contributed by atoms with van der Waals surface area (Å²) in [5.41, 5.74) is 0. The van der Waals surface area contributed by atoms with Crippen molar-refractivity contribution in [2.75, 3.05) is 13.1 Å². The van der Waals surface area contributed by atoms with Crippen molar-refractivity contribution >= 4 is 17.8 Å². The predicted molar refractivity (Wildman–Crippen MR) is 64.8 cm³/mol. The summed E-state index contributed by atoms with van der Waals surface area (Å²) in [4.78, 5) is 33.0. The number of carboxylic acid groups (broad SMARTS) is 1. The lowest BCUT2D eigenvalue weighted by atomic mass is 9.96. The summed E-state index contributed by atoms with van der Waals surface area (Å²) in [5.74, 6) is -1.39. The van der Waals surface area contributed by atoms with Gasteiger partial charge in [0.25, 0.3) is 0 Å². The van der Waals surface area contributed by atoms with Gasteiger partial charge >= 0.3 is 5.97 Å². The minimum absolute atomic E-state index is 0.0345. The molecular formula is C12H20N2O4. The van der Waals surface area contributed by atoms with Crippen LogP contribution in [-0.2, 0) is 14.4 Å². The Morgan fingerprint density at radius 2 is 1.94 bits per heavy atom. The standard InChI is InChI=1S/C12H20N2O4/c1-8(15)13-6-5-11(16)14-7-9-3-2-4-10(9)12(17)18/h9-10H,2-7H2,1H3,(H,13,15)(H,14,16)(H,17,18). The van der Waals surface area contributed by atoms with Gasteiger partial charge in [0.1, 0.15) is 0 Å². The van der Waals surface area contributed by atoms with E-state index < -0.39 is 5.97 Å². The number of carboxylic acids is 1. The Kier molecular flexibility index (Phi) is 5.61. The van der Waals surface area contributed by atoms with Crippen molar-refractivity contribution in [3.63, 3.8) is 0 Å². The van der Waals surface area contributed by atoms with E-state index >= 15 is 0 Å². The summed E-state index contributed by atoms with van der Waals surface area (Å²) in [6.45, 7) is 2.12. The third-order valence-corrected chi connectivity index (χ3v) is 3.26. The van der Waals surface area contributed by atoms with Gasteiger partial charge in [-0.05, 0) is 18.8 Å². The number of nitrogens with one attached hydrogen (secondary N) is 2. The first kappa shape index (κ1) is 14.5. The van der Waals surface area contributed by atoms with Crippen LogP contribution in [0.2, 0.25) is 0 Å². The lowest BCUT2D eigenvalue weighted by Crippen LogP contribution is -2.35. The van der Waals surface area contributed by atoms with Gasteiger partial charge in [-0.1, -0.05) is 6.42 Å². The van der Waals surface area contributed by atoms with Crippen LogP contribution in [0, 0.1) is 11.8 Å². The highest BCUT2D eigenvalue weighted by atomic mass is 16.4. The van der Waals surface area contributed by atoms with Gasteiger partial charge in [-0.2, -0.15) is 0 Å². The molecule has 18 heavy (non-hydrogen) atoms. The van der Waals surface area contributed by atoms with Gasteiger partial charge in [0.2, 0.25) is 11.8 Å². The predicted octanol–water partition coefficient (Wildman–Crippen LogP) is 0.130. The van der Waals surface area contributed by atoms with Crippen molar-refractivity contribution in [2.24, 2.45) is 11.8 Å². The number of aliphatic carboxylic acids is 1. The van der Waals surface area contributed by atoms with Crippen molar-refractivity contribution in [3.8, 4) is 0 Å². The van der Waals surface area contributed by atoms with Crippen LogP contribution in [0.1, 0.15) is 32.6 Å². The lowest BCUT2D eigenvalue weighted by Gasteiger charge is -2.16. The molecule has 0 aromatic rings. The second-order valence-electron chi connectivity index (χ2n) is 4.67. The topological polar surface area (TPSA) is 95.5 Å². The highest BCUT2D eigenvalue weighted by molar-refractivity contribution is 5.78. The maximum Gasteiger partial charge on any atom is 0.306 e. The molecule has 102 valence electrons. The van der Waals surface area contributed by atoms with E-state index in [9.17, 15) is 14.4 Å². The molecule has 0 saturated heterocycles. The van der Waals surface area contributed by atoms with E-state index in [1.54, 1.807) is 0 Å². The van der Waals surface area contributed by atoms with E-state index in [4.69, 9.17) is 5.11 Å².